The third-order valence-corrected chi connectivity index (χ3v) is 5.26. The number of hydrogen-bond donors (Lipinski definition) is 1. The number of nitrogens with two attached hydrogens (primary N) is 1. The Morgan fingerprint density at radius 1 is 1.33 bits per heavy atom. The molecule has 21 heavy (non-hydrogen) atoms. The van der Waals surface area contributed by atoms with E-state index in [2.05, 4.69) is 0 Å². The minimum atomic E-state index is -0.0929. The van der Waals surface area contributed by atoms with Crippen LogP contribution in [0.15, 0.2) is 18.2 Å². The van der Waals surface area contributed by atoms with Gasteiger partial charge in [0.1, 0.15) is 0 Å². The van der Waals surface area contributed by atoms with Gasteiger partial charge in [-0.05, 0) is 42.9 Å². The van der Waals surface area contributed by atoms with E-state index in [4.69, 9.17) is 38.4 Å². The van der Waals surface area contributed by atoms with Crippen LogP contribution in [0, 0.1) is 5.92 Å². The number of benzene rings is 1. The molecule has 3 atom stereocenters. The van der Waals surface area contributed by atoms with E-state index in [-0.39, 0.29) is 11.6 Å². The van der Waals surface area contributed by atoms with Crippen molar-refractivity contribution in [2.45, 2.75) is 37.3 Å². The molecule has 2 saturated heterocycles. The van der Waals surface area contributed by atoms with Gasteiger partial charge in [0, 0.05) is 35.7 Å². The van der Waals surface area contributed by atoms with E-state index in [9.17, 15) is 0 Å². The fraction of sp³-hybridized carbons (Fsp3) is 0.625. The molecule has 116 valence electrons. The van der Waals surface area contributed by atoms with Gasteiger partial charge in [-0.25, -0.2) is 0 Å². The Labute approximate surface area is 135 Å². The van der Waals surface area contributed by atoms with Crippen molar-refractivity contribution in [1.82, 2.24) is 0 Å². The standard InChI is InChI=1S/C16H21Cl2NO2/c17-13-2-1-11(14(18)8-13)7-15(19)12-3-5-21-16(9-12)4-6-20-10-16/h1-2,8,12,15H,3-7,9-10,19H2. The van der Waals surface area contributed by atoms with Crippen LogP contribution in [0.3, 0.4) is 0 Å². The quantitative estimate of drug-likeness (QED) is 0.923. The SMILES string of the molecule is NC(Cc1ccc(Cl)cc1Cl)C1CCOC2(CCOC2)C1. The molecule has 2 heterocycles. The van der Waals surface area contributed by atoms with Crippen LogP contribution < -0.4 is 5.73 Å². The molecule has 1 spiro atoms. The summed E-state index contributed by atoms with van der Waals surface area (Å²) in [7, 11) is 0. The summed E-state index contributed by atoms with van der Waals surface area (Å²) in [6.45, 7) is 2.28. The van der Waals surface area contributed by atoms with Gasteiger partial charge in [0.05, 0.1) is 12.2 Å². The van der Waals surface area contributed by atoms with Crippen LogP contribution in [0.2, 0.25) is 10.0 Å². The minimum absolute atomic E-state index is 0.0880. The fourth-order valence-electron chi connectivity index (χ4n) is 3.40. The first kappa shape index (κ1) is 15.6. The molecule has 0 aromatic heterocycles. The molecule has 3 rings (SSSR count). The first-order chi connectivity index (χ1) is 10.1. The van der Waals surface area contributed by atoms with Gasteiger partial charge < -0.3 is 15.2 Å². The summed E-state index contributed by atoms with van der Waals surface area (Å²) in [6.07, 6.45) is 3.75. The van der Waals surface area contributed by atoms with Gasteiger partial charge in [0.2, 0.25) is 0 Å². The Hall–Kier alpha value is -0.320. The zero-order valence-corrected chi connectivity index (χ0v) is 13.5. The summed E-state index contributed by atoms with van der Waals surface area (Å²) in [6, 6.07) is 5.70. The predicted octanol–water partition coefficient (Wildman–Crippen LogP) is 3.45. The molecule has 2 aliphatic heterocycles. The van der Waals surface area contributed by atoms with Crippen LogP contribution in [0.25, 0.3) is 0 Å². The topological polar surface area (TPSA) is 44.5 Å². The van der Waals surface area contributed by atoms with Crippen LogP contribution in [-0.4, -0.2) is 31.5 Å². The lowest BCUT2D eigenvalue weighted by Crippen LogP contribution is -2.46. The minimum Gasteiger partial charge on any atom is -0.378 e. The van der Waals surface area contributed by atoms with Crippen molar-refractivity contribution in [3.05, 3.63) is 33.8 Å². The van der Waals surface area contributed by atoms with E-state index in [1.807, 2.05) is 12.1 Å². The molecule has 1 aromatic carbocycles. The van der Waals surface area contributed by atoms with Crippen molar-refractivity contribution in [3.63, 3.8) is 0 Å². The van der Waals surface area contributed by atoms with E-state index < -0.39 is 0 Å². The lowest BCUT2D eigenvalue weighted by atomic mass is 9.79. The van der Waals surface area contributed by atoms with Crippen molar-refractivity contribution in [2.75, 3.05) is 19.8 Å². The molecule has 0 aliphatic carbocycles. The smallest absolute Gasteiger partial charge is 0.0939 e. The van der Waals surface area contributed by atoms with E-state index in [0.717, 1.165) is 44.5 Å². The van der Waals surface area contributed by atoms with Crippen molar-refractivity contribution >= 4 is 23.2 Å². The fourth-order valence-corrected chi connectivity index (χ4v) is 3.89. The second kappa shape index (κ2) is 6.43. The Balaban J connectivity index is 1.65. The second-order valence-electron chi connectivity index (χ2n) is 6.19. The Morgan fingerprint density at radius 3 is 2.90 bits per heavy atom. The van der Waals surface area contributed by atoms with Crippen LogP contribution in [0.4, 0.5) is 0 Å². The summed E-state index contributed by atoms with van der Waals surface area (Å²) in [5, 5.41) is 1.36. The molecule has 5 heteroatoms. The van der Waals surface area contributed by atoms with Crippen LogP contribution in [0.1, 0.15) is 24.8 Å². The molecule has 2 aliphatic rings. The van der Waals surface area contributed by atoms with Crippen molar-refractivity contribution in [3.8, 4) is 0 Å². The largest absolute Gasteiger partial charge is 0.378 e. The van der Waals surface area contributed by atoms with Gasteiger partial charge in [0.15, 0.2) is 0 Å². The normalized spacial score (nSPS) is 30.7. The highest BCUT2D eigenvalue weighted by Gasteiger charge is 2.42. The van der Waals surface area contributed by atoms with Crippen molar-refractivity contribution in [2.24, 2.45) is 11.7 Å². The average Bonchev–Trinajstić information content (AvgIpc) is 2.90. The summed E-state index contributed by atoms with van der Waals surface area (Å²) in [5.41, 5.74) is 7.42. The van der Waals surface area contributed by atoms with Gasteiger partial charge in [-0.15, -0.1) is 0 Å². The molecule has 3 nitrogen and oxygen atoms in total. The monoisotopic (exact) mass is 329 g/mol. The summed E-state index contributed by atoms with van der Waals surface area (Å²) >= 11 is 12.2. The highest BCUT2D eigenvalue weighted by molar-refractivity contribution is 6.35. The highest BCUT2D eigenvalue weighted by Crippen LogP contribution is 2.37. The van der Waals surface area contributed by atoms with Gasteiger partial charge in [-0.1, -0.05) is 29.3 Å². The first-order valence-electron chi connectivity index (χ1n) is 7.49. The molecule has 2 N–H and O–H groups in total. The third kappa shape index (κ3) is 3.54. The Bertz CT molecular complexity index is 503. The van der Waals surface area contributed by atoms with Crippen molar-refractivity contribution in [1.29, 1.82) is 0 Å². The third-order valence-electron chi connectivity index (χ3n) is 4.67. The molecule has 3 unspecified atom stereocenters. The van der Waals surface area contributed by atoms with E-state index in [1.165, 1.54) is 0 Å². The van der Waals surface area contributed by atoms with E-state index >= 15 is 0 Å². The van der Waals surface area contributed by atoms with Crippen LogP contribution >= 0.6 is 23.2 Å². The number of ether oxygens (including phenoxy) is 2. The lowest BCUT2D eigenvalue weighted by Gasteiger charge is -2.39. The first-order valence-corrected chi connectivity index (χ1v) is 8.25. The van der Waals surface area contributed by atoms with Crippen molar-refractivity contribution < 1.29 is 9.47 Å². The zero-order chi connectivity index (χ0) is 14.9. The lowest BCUT2D eigenvalue weighted by molar-refractivity contribution is -0.101. The van der Waals surface area contributed by atoms with Gasteiger partial charge >= 0.3 is 0 Å². The second-order valence-corrected chi connectivity index (χ2v) is 7.03. The Kier molecular flexibility index (Phi) is 4.77. The number of hydrogen-bond acceptors (Lipinski definition) is 3. The molecule has 0 radical (unpaired) electrons. The van der Waals surface area contributed by atoms with Gasteiger partial charge in [-0.3, -0.25) is 0 Å². The van der Waals surface area contributed by atoms with E-state index in [1.54, 1.807) is 6.07 Å². The molecular formula is C16H21Cl2NO2. The average molecular weight is 330 g/mol. The summed E-state index contributed by atoms with van der Waals surface area (Å²) in [4.78, 5) is 0. The van der Waals surface area contributed by atoms with Gasteiger partial charge in [0.25, 0.3) is 0 Å². The molecule has 0 amide bonds. The zero-order valence-electron chi connectivity index (χ0n) is 12.0. The molecule has 0 bridgehead atoms. The summed E-state index contributed by atoms with van der Waals surface area (Å²) < 4.78 is 11.5. The molecular weight excluding hydrogens is 309 g/mol. The number of halogens is 2. The molecule has 0 saturated carbocycles. The maximum atomic E-state index is 6.45. The predicted molar refractivity (Wildman–Crippen MR) is 85.0 cm³/mol. The van der Waals surface area contributed by atoms with Crippen LogP contribution in [0.5, 0.6) is 0 Å². The molecule has 2 fully saturated rings. The highest BCUT2D eigenvalue weighted by atomic mass is 35.5. The number of rotatable bonds is 3. The maximum Gasteiger partial charge on any atom is 0.0939 e. The Morgan fingerprint density at radius 2 is 2.19 bits per heavy atom. The molecule has 1 aromatic rings. The van der Waals surface area contributed by atoms with E-state index in [0.29, 0.717) is 22.6 Å². The maximum absolute atomic E-state index is 6.45. The summed E-state index contributed by atoms with van der Waals surface area (Å²) in [5.74, 6) is 0.451. The van der Waals surface area contributed by atoms with Crippen LogP contribution in [-0.2, 0) is 15.9 Å². The van der Waals surface area contributed by atoms with Gasteiger partial charge in [-0.2, -0.15) is 0 Å².